The van der Waals surface area contributed by atoms with Crippen molar-refractivity contribution in [1.29, 1.82) is 0 Å². The maximum atomic E-state index is 12.5. The molecule has 0 saturated carbocycles. The molecule has 3 nitrogen and oxygen atoms in total. The number of rotatable bonds is 4. The Balaban J connectivity index is 2.07. The van der Waals surface area contributed by atoms with Crippen molar-refractivity contribution in [2.45, 2.75) is 32.6 Å². The van der Waals surface area contributed by atoms with Gasteiger partial charge < -0.3 is 5.32 Å². The van der Waals surface area contributed by atoms with Crippen molar-refractivity contribution in [2.24, 2.45) is 0 Å². The molecular formula is C14H16F3N3. The highest BCUT2D eigenvalue weighted by molar-refractivity contribution is 5.41. The van der Waals surface area contributed by atoms with E-state index in [1.165, 1.54) is 12.1 Å². The molecule has 108 valence electrons. The minimum atomic E-state index is -4.29. The number of hydrogen-bond donors (Lipinski definition) is 1. The maximum Gasteiger partial charge on any atom is 0.416 e. The van der Waals surface area contributed by atoms with Crippen molar-refractivity contribution in [1.82, 2.24) is 9.78 Å². The fourth-order valence-corrected chi connectivity index (χ4v) is 1.91. The van der Waals surface area contributed by atoms with Crippen LogP contribution in [0.3, 0.4) is 0 Å². The first-order valence-electron chi connectivity index (χ1n) is 6.36. The molecule has 0 radical (unpaired) electrons. The normalized spacial score (nSPS) is 13.2. The van der Waals surface area contributed by atoms with Gasteiger partial charge in [0.2, 0.25) is 0 Å². The van der Waals surface area contributed by atoms with Crippen molar-refractivity contribution in [2.75, 3.05) is 5.32 Å². The Labute approximate surface area is 115 Å². The van der Waals surface area contributed by atoms with Crippen molar-refractivity contribution < 1.29 is 13.2 Å². The number of aryl methyl sites for hydroxylation is 1. The predicted molar refractivity (Wildman–Crippen MR) is 71.4 cm³/mol. The topological polar surface area (TPSA) is 29.9 Å². The van der Waals surface area contributed by atoms with Crippen LogP contribution in [0.25, 0.3) is 0 Å². The van der Waals surface area contributed by atoms with E-state index in [1.54, 1.807) is 10.9 Å². The summed E-state index contributed by atoms with van der Waals surface area (Å²) in [5.41, 5.74) is 1.01. The summed E-state index contributed by atoms with van der Waals surface area (Å²) in [7, 11) is 0. The van der Waals surface area contributed by atoms with Crippen LogP contribution in [-0.4, -0.2) is 9.78 Å². The summed E-state index contributed by atoms with van der Waals surface area (Å²) in [5, 5.41) is 7.34. The van der Waals surface area contributed by atoms with E-state index in [-0.39, 0.29) is 6.04 Å². The first-order chi connectivity index (χ1) is 9.40. The van der Waals surface area contributed by atoms with E-state index in [2.05, 4.69) is 10.4 Å². The van der Waals surface area contributed by atoms with Gasteiger partial charge in [-0.05, 0) is 31.5 Å². The highest BCUT2D eigenvalue weighted by Gasteiger charge is 2.30. The highest BCUT2D eigenvalue weighted by Crippen LogP contribution is 2.30. The van der Waals surface area contributed by atoms with Gasteiger partial charge in [0.15, 0.2) is 0 Å². The number of halogens is 3. The van der Waals surface area contributed by atoms with Gasteiger partial charge in [-0.1, -0.05) is 12.1 Å². The van der Waals surface area contributed by atoms with E-state index in [4.69, 9.17) is 0 Å². The lowest BCUT2D eigenvalue weighted by molar-refractivity contribution is -0.137. The third kappa shape index (κ3) is 3.31. The molecule has 1 heterocycles. The van der Waals surface area contributed by atoms with Crippen LogP contribution < -0.4 is 5.32 Å². The maximum absolute atomic E-state index is 12.5. The monoisotopic (exact) mass is 283 g/mol. The lowest BCUT2D eigenvalue weighted by Gasteiger charge is -2.15. The van der Waals surface area contributed by atoms with E-state index in [1.807, 2.05) is 20.0 Å². The average molecular weight is 283 g/mol. The summed E-state index contributed by atoms with van der Waals surface area (Å²) in [6.07, 6.45) is -0.734. The molecule has 2 rings (SSSR count). The van der Waals surface area contributed by atoms with Gasteiger partial charge in [-0.3, -0.25) is 4.68 Å². The Morgan fingerprint density at radius 2 is 1.90 bits per heavy atom. The molecule has 2 aromatic rings. The quantitative estimate of drug-likeness (QED) is 0.915. The van der Waals surface area contributed by atoms with Crippen LogP contribution in [0.5, 0.6) is 0 Å². The Morgan fingerprint density at radius 3 is 2.40 bits per heavy atom. The Kier molecular flexibility index (Phi) is 4.01. The van der Waals surface area contributed by atoms with Gasteiger partial charge in [-0.25, -0.2) is 0 Å². The van der Waals surface area contributed by atoms with E-state index < -0.39 is 11.7 Å². The third-order valence-corrected chi connectivity index (χ3v) is 3.08. The summed E-state index contributed by atoms with van der Waals surface area (Å²) >= 11 is 0. The molecule has 0 amide bonds. The van der Waals surface area contributed by atoms with Gasteiger partial charge in [0.05, 0.1) is 17.4 Å². The molecule has 0 fully saturated rings. The van der Waals surface area contributed by atoms with Gasteiger partial charge >= 0.3 is 6.18 Å². The van der Waals surface area contributed by atoms with Crippen LogP contribution in [0, 0.1) is 0 Å². The molecule has 20 heavy (non-hydrogen) atoms. The second-order valence-electron chi connectivity index (χ2n) is 4.57. The summed E-state index contributed by atoms with van der Waals surface area (Å²) in [5.74, 6) is 0. The highest BCUT2D eigenvalue weighted by atomic mass is 19.4. The predicted octanol–water partition coefficient (Wildman–Crippen LogP) is 4.09. The lowest BCUT2D eigenvalue weighted by atomic mass is 10.1. The number of anilines is 1. The summed E-state index contributed by atoms with van der Waals surface area (Å²) in [6.45, 7) is 4.65. The Hall–Kier alpha value is -1.98. The van der Waals surface area contributed by atoms with Gasteiger partial charge in [-0.2, -0.15) is 18.3 Å². The molecule has 0 aliphatic heterocycles. The van der Waals surface area contributed by atoms with E-state index in [0.29, 0.717) is 0 Å². The van der Waals surface area contributed by atoms with Crippen LogP contribution in [0.15, 0.2) is 36.7 Å². The molecule has 1 unspecified atom stereocenters. The van der Waals surface area contributed by atoms with Crippen LogP contribution in [0.4, 0.5) is 18.9 Å². The number of benzene rings is 1. The first-order valence-corrected chi connectivity index (χ1v) is 6.36. The van der Waals surface area contributed by atoms with Crippen molar-refractivity contribution in [3.05, 3.63) is 47.8 Å². The number of hydrogen-bond acceptors (Lipinski definition) is 2. The number of nitrogens with zero attached hydrogens (tertiary/aromatic N) is 2. The molecule has 1 atom stereocenters. The van der Waals surface area contributed by atoms with Gasteiger partial charge in [0.25, 0.3) is 0 Å². The van der Waals surface area contributed by atoms with Crippen LogP contribution >= 0.6 is 0 Å². The Bertz CT molecular complexity index is 558. The molecule has 0 aliphatic rings. The second-order valence-corrected chi connectivity index (χ2v) is 4.57. The zero-order valence-electron chi connectivity index (χ0n) is 11.3. The zero-order valence-corrected chi connectivity index (χ0v) is 11.3. The van der Waals surface area contributed by atoms with Crippen LogP contribution in [-0.2, 0) is 12.7 Å². The van der Waals surface area contributed by atoms with Crippen molar-refractivity contribution in [3.8, 4) is 0 Å². The SMILES string of the molecule is CCn1cc(NC(C)c2ccc(C(F)(F)F)cc2)cn1. The van der Waals surface area contributed by atoms with E-state index >= 15 is 0 Å². The summed E-state index contributed by atoms with van der Waals surface area (Å²) < 4.78 is 39.2. The number of aromatic nitrogens is 2. The van der Waals surface area contributed by atoms with E-state index in [9.17, 15) is 13.2 Å². The molecule has 6 heteroatoms. The third-order valence-electron chi connectivity index (χ3n) is 3.08. The molecule has 0 spiro atoms. The van der Waals surface area contributed by atoms with Crippen molar-refractivity contribution in [3.63, 3.8) is 0 Å². The van der Waals surface area contributed by atoms with Crippen molar-refractivity contribution >= 4 is 5.69 Å². The number of nitrogens with one attached hydrogen (secondary N) is 1. The number of alkyl halides is 3. The molecule has 0 bridgehead atoms. The van der Waals surface area contributed by atoms with Gasteiger partial charge in [-0.15, -0.1) is 0 Å². The fourth-order valence-electron chi connectivity index (χ4n) is 1.91. The van der Waals surface area contributed by atoms with Crippen LogP contribution in [0.2, 0.25) is 0 Å². The molecule has 1 aromatic carbocycles. The fraction of sp³-hybridized carbons (Fsp3) is 0.357. The molecule has 0 aliphatic carbocycles. The standard InChI is InChI=1S/C14H16F3N3/c1-3-20-9-13(8-18-20)19-10(2)11-4-6-12(7-5-11)14(15,16)17/h4-10,19H,3H2,1-2H3. The molecule has 0 saturated heterocycles. The van der Waals surface area contributed by atoms with Gasteiger partial charge in [0, 0.05) is 18.8 Å². The zero-order chi connectivity index (χ0) is 14.8. The summed E-state index contributed by atoms with van der Waals surface area (Å²) in [6, 6.07) is 5.09. The first kappa shape index (κ1) is 14.4. The second kappa shape index (κ2) is 5.56. The molecule has 1 aromatic heterocycles. The molecule has 1 N–H and O–H groups in total. The van der Waals surface area contributed by atoms with E-state index in [0.717, 1.165) is 29.9 Å². The minimum Gasteiger partial charge on any atom is -0.376 e. The van der Waals surface area contributed by atoms with Gasteiger partial charge in [0.1, 0.15) is 0 Å². The largest absolute Gasteiger partial charge is 0.416 e. The van der Waals surface area contributed by atoms with Crippen LogP contribution in [0.1, 0.15) is 31.0 Å². The average Bonchev–Trinajstić information content (AvgIpc) is 2.85. The smallest absolute Gasteiger partial charge is 0.376 e. The lowest BCUT2D eigenvalue weighted by Crippen LogP contribution is -2.08. The molecular weight excluding hydrogens is 267 g/mol. The Morgan fingerprint density at radius 1 is 1.25 bits per heavy atom. The summed E-state index contributed by atoms with van der Waals surface area (Å²) in [4.78, 5) is 0. The minimum absolute atomic E-state index is 0.0909.